The minimum Gasteiger partial charge on any atom is -0.441 e. The average molecular weight is 365 g/mol. The average Bonchev–Trinajstić information content (AvgIpc) is 3.25. The maximum absolute atomic E-state index is 9.57. The number of nitriles is 1. The van der Waals surface area contributed by atoms with Crippen molar-refractivity contribution in [3.63, 3.8) is 0 Å². The molecule has 2 atom stereocenters. The highest BCUT2D eigenvalue weighted by Gasteiger charge is 2.24. The molecular weight excluding hydrogens is 346 g/mol. The van der Waals surface area contributed by atoms with E-state index in [0.29, 0.717) is 16.3 Å². The summed E-state index contributed by atoms with van der Waals surface area (Å²) < 4.78 is 12.8. The summed E-state index contributed by atoms with van der Waals surface area (Å²) in [5.74, 6) is 1.46. The quantitative estimate of drug-likeness (QED) is 0.636. The first-order valence-corrected chi connectivity index (χ1v) is 9.42. The lowest BCUT2D eigenvalue weighted by Crippen LogP contribution is -2.45. The molecule has 0 spiro atoms. The molecule has 0 aliphatic carbocycles. The number of aromatic nitrogens is 1. The fraction of sp³-hybridized carbons (Fsp3) is 0.300. The van der Waals surface area contributed by atoms with Gasteiger partial charge >= 0.3 is 0 Å². The van der Waals surface area contributed by atoms with E-state index in [-0.39, 0.29) is 12.2 Å². The Labute approximate surface area is 156 Å². The topological polar surface area (TPSA) is 62.3 Å². The summed E-state index contributed by atoms with van der Waals surface area (Å²) in [5.41, 5.74) is 1.42. The van der Waals surface area contributed by atoms with Gasteiger partial charge < -0.3 is 14.1 Å². The van der Waals surface area contributed by atoms with E-state index >= 15 is 0 Å². The number of hydrogen-bond donors (Lipinski definition) is 0. The highest BCUT2D eigenvalue weighted by Crippen LogP contribution is 2.29. The number of fused-ring (bicyclic) bond motifs is 1. The summed E-state index contributed by atoms with van der Waals surface area (Å²) in [5, 5.41) is 10.3. The van der Waals surface area contributed by atoms with E-state index in [4.69, 9.17) is 9.15 Å². The molecule has 4 rings (SSSR count). The largest absolute Gasteiger partial charge is 0.441 e. The van der Waals surface area contributed by atoms with Crippen LogP contribution in [0.15, 0.2) is 40.8 Å². The molecule has 0 bridgehead atoms. The van der Waals surface area contributed by atoms with Gasteiger partial charge in [-0.3, -0.25) is 0 Å². The summed E-state index contributed by atoms with van der Waals surface area (Å²) in [4.78, 5) is 6.74. The van der Waals surface area contributed by atoms with Gasteiger partial charge in [-0.25, -0.2) is 4.98 Å². The number of morpholine rings is 1. The second-order valence-electron chi connectivity index (χ2n) is 6.49. The highest BCUT2D eigenvalue weighted by atomic mass is 32.1. The Bertz CT molecular complexity index is 955. The van der Waals surface area contributed by atoms with Crippen LogP contribution in [0.4, 0.5) is 5.88 Å². The van der Waals surface area contributed by atoms with Crippen molar-refractivity contribution >= 4 is 39.1 Å². The smallest absolute Gasteiger partial charge is 0.196 e. The van der Waals surface area contributed by atoms with Crippen LogP contribution in [0.5, 0.6) is 0 Å². The standard InChI is InChI=1S/C20H19N3O2S/c1-13-11-23(12-14(2)24-13)19-8-7-16(25-19)9-15(10-21)20-22-17-5-3-4-6-18(17)26-20/h3-9,13-14H,11-12H2,1-2H3/b15-9+/t13-,14-/m1/s1. The first-order chi connectivity index (χ1) is 12.6. The number of rotatable bonds is 3. The number of para-hydroxylation sites is 1. The van der Waals surface area contributed by atoms with Gasteiger partial charge in [0.2, 0.25) is 0 Å². The van der Waals surface area contributed by atoms with Crippen LogP contribution in [0, 0.1) is 11.3 Å². The third kappa shape index (κ3) is 3.36. The zero-order valence-electron chi connectivity index (χ0n) is 14.7. The van der Waals surface area contributed by atoms with Crippen LogP contribution in [0.3, 0.4) is 0 Å². The SMILES string of the molecule is C[C@@H]1CN(c2ccc(/C=C(\C#N)c3nc4ccccc4s3)o2)C[C@@H](C)O1. The molecule has 0 N–H and O–H groups in total. The Morgan fingerprint density at radius 2 is 2.00 bits per heavy atom. The lowest BCUT2D eigenvalue weighted by Gasteiger charge is -2.35. The normalized spacial score (nSPS) is 21.1. The molecule has 1 saturated heterocycles. The summed E-state index contributed by atoms with van der Waals surface area (Å²) in [6.45, 7) is 5.72. The van der Waals surface area contributed by atoms with Crippen LogP contribution < -0.4 is 4.90 Å². The molecule has 1 aliphatic heterocycles. The Balaban J connectivity index is 1.61. The fourth-order valence-corrected chi connectivity index (χ4v) is 4.15. The van der Waals surface area contributed by atoms with E-state index in [2.05, 4.69) is 29.8 Å². The number of anilines is 1. The third-order valence-corrected chi connectivity index (χ3v) is 5.34. The minimum atomic E-state index is 0.167. The summed E-state index contributed by atoms with van der Waals surface area (Å²) in [6, 6.07) is 14.0. The van der Waals surface area contributed by atoms with Crippen molar-refractivity contribution in [3.05, 3.63) is 47.2 Å². The van der Waals surface area contributed by atoms with Crippen LogP contribution in [0.1, 0.15) is 24.6 Å². The van der Waals surface area contributed by atoms with Crippen LogP contribution >= 0.6 is 11.3 Å². The molecule has 0 saturated carbocycles. The molecule has 132 valence electrons. The van der Waals surface area contributed by atoms with Gasteiger partial charge in [-0.15, -0.1) is 11.3 Å². The van der Waals surface area contributed by atoms with Crippen molar-refractivity contribution in [2.24, 2.45) is 0 Å². The molecule has 3 heterocycles. The number of hydrogen-bond acceptors (Lipinski definition) is 6. The number of benzene rings is 1. The van der Waals surface area contributed by atoms with Gasteiger partial charge in [0.05, 0.1) is 28.0 Å². The first kappa shape index (κ1) is 16.8. The predicted molar refractivity (Wildman–Crippen MR) is 104 cm³/mol. The zero-order chi connectivity index (χ0) is 18.1. The Morgan fingerprint density at radius 1 is 1.23 bits per heavy atom. The van der Waals surface area contributed by atoms with Crippen molar-refractivity contribution in [3.8, 4) is 6.07 Å². The number of ether oxygens (including phenoxy) is 1. The number of allylic oxidation sites excluding steroid dienone is 1. The molecule has 6 heteroatoms. The van der Waals surface area contributed by atoms with Crippen LogP contribution in [-0.2, 0) is 4.74 Å². The van der Waals surface area contributed by atoms with Crippen LogP contribution in [0.25, 0.3) is 21.9 Å². The van der Waals surface area contributed by atoms with Crippen molar-refractivity contribution in [1.29, 1.82) is 5.26 Å². The molecule has 0 unspecified atom stereocenters. The lowest BCUT2D eigenvalue weighted by atomic mass is 10.2. The Kier molecular flexibility index (Phi) is 4.49. The summed E-state index contributed by atoms with van der Waals surface area (Å²) >= 11 is 1.51. The van der Waals surface area contributed by atoms with Gasteiger partial charge in [0.1, 0.15) is 16.8 Å². The van der Waals surface area contributed by atoms with E-state index in [1.807, 2.05) is 36.4 Å². The second-order valence-corrected chi connectivity index (χ2v) is 7.53. The van der Waals surface area contributed by atoms with E-state index in [9.17, 15) is 5.26 Å². The van der Waals surface area contributed by atoms with Gasteiger partial charge in [0.25, 0.3) is 0 Å². The molecule has 3 aromatic rings. The van der Waals surface area contributed by atoms with Gasteiger partial charge in [-0.1, -0.05) is 12.1 Å². The lowest BCUT2D eigenvalue weighted by molar-refractivity contribution is -0.00641. The second kappa shape index (κ2) is 6.94. The summed E-state index contributed by atoms with van der Waals surface area (Å²) in [7, 11) is 0. The molecule has 0 radical (unpaired) electrons. The number of furan rings is 1. The van der Waals surface area contributed by atoms with E-state index < -0.39 is 0 Å². The van der Waals surface area contributed by atoms with Crippen molar-refractivity contribution in [2.45, 2.75) is 26.1 Å². The highest BCUT2D eigenvalue weighted by molar-refractivity contribution is 7.19. The maximum Gasteiger partial charge on any atom is 0.196 e. The monoisotopic (exact) mass is 365 g/mol. The van der Waals surface area contributed by atoms with Crippen LogP contribution in [0.2, 0.25) is 0 Å². The Morgan fingerprint density at radius 3 is 2.73 bits per heavy atom. The van der Waals surface area contributed by atoms with E-state index in [1.54, 1.807) is 6.08 Å². The molecule has 5 nitrogen and oxygen atoms in total. The molecule has 2 aromatic heterocycles. The van der Waals surface area contributed by atoms with E-state index in [1.165, 1.54) is 11.3 Å². The molecule has 1 aliphatic rings. The third-order valence-electron chi connectivity index (χ3n) is 4.28. The van der Waals surface area contributed by atoms with E-state index in [0.717, 1.165) is 29.2 Å². The minimum absolute atomic E-state index is 0.167. The zero-order valence-corrected chi connectivity index (χ0v) is 15.5. The molecular formula is C20H19N3O2S. The fourth-order valence-electron chi connectivity index (χ4n) is 3.22. The van der Waals surface area contributed by atoms with Gasteiger partial charge in [0, 0.05) is 25.2 Å². The Hall–Kier alpha value is -2.62. The van der Waals surface area contributed by atoms with Crippen molar-refractivity contribution in [1.82, 2.24) is 4.98 Å². The number of nitrogens with zero attached hydrogens (tertiary/aromatic N) is 3. The molecule has 0 amide bonds. The van der Waals surface area contributed by atoms with Crippen molar-refractivity contribution in [2.75, 3.05) is 18.0 Å². The predicted octanol–water partition coefficient (Wildman–Crippen LogP) is 4.57. The van der Waals surface area contributed by atoms with Gasteiger partial charge in [-0.2, -0.15) is 5.26 Å². The number of thiazole rings is 1. The molecule has 26 heavy (non-hydrogen) atoms. The van der Waals surface area contributed by atoms with Crippen LogP contribution in [-0.4, -0.2) is 30.3 Å². The maximum atomic E-state index is 9.57. The summed E-state index contributed by atoms with van der Waals surface area (Å²) in [6.07, 6.45) is 2.09. The molecule has 1 aromatic carbocycles. The van der Waals surface area contributed by atoms with Crippen molar-refractivity contribution < 1.29 is 9.15 Å². The first-order valence-electron chi connectivity index (χ1n) is 8.60. The van der Waals surface area contributed by atoms with Gasteiger partial charge in [-0.05, 0) is 32.0 Å². The molecule has 1 fully saturated rings. The van der Waals surface area contributed by atoms with Gasteiger partial charge in [0.15, 0.2) is 5.88 Å².